The van der Waals surface area contributed by atoms with Crippen molar-refractivity contribution in [2.45, 2.75) is 38.3 Å². The lowest BCUT2D eigenvalue weighted by Gasteiger charge is -2.48. The molecule has 4 heteroatoms. The van der Waals surface area contributed by atoms with Gasteiger partial charge >= 0.3 is 0 Å². The van der Waals surface area contributed by atoms with E-state index in [-0.39, 0.29) is 0 Å². The molecule has 2 unspecified atom stereocenters. The summed E-state index contributed by atoms with van der Waals surface area (Å²) < 4.78 is 1.31. The highest BCUT2D eigenvalue weighted by atomic mass is 32.1. The molecule has 2 aliphatic heterocycles. The number of thiazole rings is 1. The summed E-state index contributed by atoms with van der Waals surface area (Å²) in [5.41, 5.74) is 4.44. The topological polar surface area (TPSA) is 19.4 Å². The van der Waals surface area contributed by atoms with Crippen molar-refractivity contribution in [1.82, 2.24) is 9.88 Å². The van der Waals surface area contributed by atoms with Crippen molar-refractivity contribution in [3.05, 3.63) is 23.7 Å². The van der Waals surface area contributed by atoms with Crippen LogP contribution >= 0.6 is 11.3 Å². The van der Waals surface area contributed by atoms with Gasteiger partial charge in [0.15, 0.2) is 0 Å². The lowest BCUT2D eigenvalue weighted by Crippen LogP contribution is -2.58. The Hall–Kier alpha value is -1.13. The minimum Gasteiger partial charge on any atom is -0.366 e. The number of benzene rings is 1. The number of aromatic nitrogens is 1. The van der Waals surface area contributed by atoms with E-state index in [0.717, 1.165) is 11.6 Å². The maximum absolute atomic E-state index is 4.38. The molecule has 1 aromatic heterocycles. The molecule has 0 radical (unpaired) electrons. The number of anilines is 1. The molecule has 2 atom stereocenters. The monoisotopic (exact) mass is 287 g/mol. The molecule has 0 aliphatic carbocycles. The molecule has 2 fully saturated rings. The van der Waals surface area contributed by atoms with Crippen LogP contribution in [0.25, 0.3) is 10.2 Å². The number of hydrogen-bond donors (Lipinski definition) is 0. The summed E-state index contributed by atoms with van der Waals surface area (Å²) in [6, 6.07) is 8.10. The summed E-state index contributed by atoms with van der Waals surface area (Å²) in [6.07, 6.45) is 4.15. The molecule has 2 saturated heterocycles. The molecule has 4 rings (SSSR count). The van der Waals surface area contributed by atoms with Crippen molar-refractivity contribution in [3.8, 4) is 0 Å². The number of piperidine rings is 1. The van der Waals surface area contributed by atoms with Crippen LogP contribution in [0.4, 0.5) is 5.69 Å². The fourth-order valence-corrected chi connectivity index (χ4v) is 4.44. The number of fused-ring (bicyclic) bond motifs is 2. The molecule has 1 aromatic carbocycles. The Balaban J connectivity index is 1.63. The Labute approximate surface area is 124 Å². The van der Waals surface area contributed by atoms with Gasteiger partial charge in [-0.2, -0.15) is 0 Å². The van der Waals surface area contributed by atoms with Gasteiger partial charge in [0.2, 0.25) is 0 Å². The molecule has 106 valence electrons. The summed E-state index contributed by atoms with van der Waals surface area (Å²) in [6.45, 7) is 6.06. The van der Waals surface area contributed by atoms with Crippen molar-refractivity contribution < 1.29 is 0 Å². The second kappa shape index (κ2) is 5.01. The number of piperazine rings is 1. The summed E-state index contributed by atoms with van der Waals surface area (Å²) in [7, 11) is 0. The van der Waals surface area contributed by atoms with Crippen LogP contribution in [-0.2, 0) is 0 Å². The highest BCUT2D eigenvalue weighted by molar-refractivity contribution is 7.16. The van der Waals surface area contributed by atoms with Crippen molar-refractivity contribution in [2.24, 2.45) is 0 Å². The van der Waals surface area contributed by atoms with Crippen LogP contribution in [0.15, 0.2) is 23.7 Å². The van der Waals surface area contributed by atoms with Gasteiger partial charge in [-0.15, -0.1) is 11.3 Å². The molecular weight excluding hydrogens is 266 g/mol. The van der Waals surface area contributed by atoms with Crippen molar-refractivity contribution in [1.29, 1.82) is 0 Å². The van der Waals surface area contributed by atoms with E-state index in [1.54, 1.807) is 11.3 Å². The first-order valence-electron chi connectivity index (χ1n) is 7.65. The predicted octanol–water partition coefficient (Wildman–Crippen LogP) is 3.36. The largest absolute Gasteiger partial charge is 0.366 e. The van der Waals surface area contributed by atoms with Gasteiger partial charge in [-0.25, -0.2) is 4.98 Å². The first-order chi connectivity index (χ1) is 9.81. The first-order valence-corrected chi connectivity index (χ1v) is 8.53. The van der Waals surface area contributed by atoms with Gasteiger partial charge in [0.05, 0.1) is 15.7 Å². The average molecular weight is 287 g/mol. The predicted molar refractivity (Wildman–Crippen MR) is 85.6 cm³/mol. The molecule has 0 bridgehead atoms. The second-order valence-corrected chi connectivity index (χ2v) is 7.04. The molecule has 3 nitrogen and oxygen atoms in total. The maximum Gasteiger partial charge on any atom is 0.0813 e. The lowest BCUT2D eigenvalue weighted by atomic mass is 9.96. The molecule has 20 heavy (non-hydrogen) atoms. The van der Waals surface area contributed by atoms with Gasteiger partial charge in [-0.05, 0) is 44.5 Å². The second-order valence-electron chi connectivity index (χ2n) is 6.15. The number of hydrogen-bond acceptors (Lipinski definition) is 4. The van der Waals surface area contributed by atoms with Crippen LogP contribution in [0.1, 0.15) is 26.2 Å². The van der Waals surface area contributed by atoms with Crippen molar-refractivity contribution in [2.75, 3.05) is 24.5 Å². The van der Waals surface area contributed by atoms with Crippen LogP contribution < -0.4 is 4.90 Å². The average Bonchev–Trinajstić information content (AvgIpc) is 2.94. The van der Waals surface area contributed by atoms with Gasteiger partial charge in [-0.3, -0.25) is 4.90 Å². The van der Waals surface area contributed by atoms with Gasteiger partial charge in [-0.1, -0.05) is 6.42 Å². The molecule has 2 aliphatic rings. The van der Waals surface area contributed by atoms with E-state index >= 15 is 0 Å². The molecule has 3 heterocycles. The molecular formula is C16H21N3S. The van der Waals surface area contributed by atoms with E-state index in [4.69, 9.17) is 0 Å². The highest BCUT2D eigenvalue weighted by Crippen LogP contribution is 2.30. The fourth-order valence-electron chi connectivity index (χ4n) is 3.73. The van der Waals surface area contributed by atoms with Crippen LogP contribution in [0, 0.1) is 0 Å². The summed E-state index contributed by atoms with van der Waals surface area (Å²) >= 11 is 1.74. The third-order valence-corrected chi connectivity index (χ3v) is 5.63. The fraction of sp³-hybridized carbons (Fsp3) is 0.562. The first kappa shape index (κ1) is 12.6. The summed E-state index contributed by atoms with van der Waals surface area (Å²) in [5, 5.41) is 0. The van der Waals surface area contributed by atoms with Gasteiger partial charge in [0.1, 0.15) is 0 Å². The van der Waals surface area contributed by atoms with E-state index < -0.39 is 0 Å². The van der Waals surface area contributed by atoms with Crippen molar-refractivity contribution in [3.63, 3.8) is 0 Å². The Kier molecular flexibility index (Phi) is 3.15. The lowest BCUT2D eigenvalue weighted by molar-refractivity contribution is 0.115. The van der Waals surface area contributed by atoms with E-state index in [1.165, 1.54) is 49.3 Å². The third-order valence-electron chi connectivity index (χ3n) is 4.83. The number of rotatable bonds is 1. The Morgan fingerprint density at radius 3 is 3.15 bits per heavy atom. The minimum atomic E-state index is 0.606. The Bertz CT molecular complexity index is 609. The highest BCUT2D eigenvalue weighted by Gasteiger charge is 2.32. The van der Waals surface area contributed by atoms with E-state index in [2.05, 4.69) is 39.9 Å². The zero-order valence-electron chi connectivity index (χ0n) is 12.0. The third kappa shape index (κ3) is 2.11. The molecule has 0 saturated carbocycles. The smallest absolute Gasteiger partial charge is 0.0813 e. The van der Waals surface area contributed by atoms with E-state index in [0.29, 0.717) is 6.04 Å². The van der Waals surface area contributed by atoms with Gasteiger partial charge in [0.25, 0.3) is 0 Å². The molecule has 0 spiro atoms. The van der Waals surface area contributed by atoms with Crippen LogP contribution in [-0.4, -0.2) is 41.6 Å². The summed E-state index contributed by atoms with van der Waals surface area (Å²) in [5.74, 6) is 0. The molecule has 2 aromatic rings. The van der Waals surface area contributed by atoms with Crippen LogP contribution in [0.2, 0.25) is 0 Å². The van der Waals surface area contributed by atoms with Gasteiger partial charge in [0, 0.05) is 30.9 Å². The van der Waals surface area contributed by atoms with E-state index in [9.17, 15) is 0 Å². The maximum atomic E-state index is 4.38. The Morgan fingerprint density at radius 1 is 1.25 bits per heavy atom. The van der Waals surface area contributed by atoms with Crippen LogP contribution in [0.5, 0.6) is 0 Å². The molecule has 0 N–H and O–H groups in total. The molecule has 0 amide bonds. The zero-order valence-corrected chi connectivity index (χ0v) is 12.8. The SMILES string of the molecule is CC1CN2CCCCC2CN1c1ccc2ncsc2c1. The van der Waals surface area contributed by atoms with Crippen molar-refractivity contribution >= 4 is 27.2 Å². The normalized spacial score (nSPS) is 27.8. The Morgan fingerprint density at radius 2 is 2.20 bits per heavy atom. The summed E-state index contributed by atoms with van der Waals surface area (Å²) in [4.78, 5) is 9.69. The number of nitrogens with zero attached hydrogens (tertiary/aromatic N) is 3. The van der Waals surface area contributed by atoms with E-state index in [1.807, 2.05) is 5.51 Å². The quantitative estimate of drug-likeness (QED) is 0.802. The van der Waals surface area contributed by atoms with Gasteiger partial charge < -0.3 is 4.90 Å². The standard InChI is InChI=1S/C16H21N3S/c1-12-9-18-7-3-2-4-14(18)10-19(12)13-5-6-15-16(8-13)20-11-17-15/h5-6,8,11-12,14H,2-4,7,9-10H2,1H3. The van der Waals surface area contributed by atoms with Crippen LogP contribution in [0.3, 0.4) is 0 Å². The minimum absolute atomic E-state index is 0.606. The zero-order chi connectivity index (χ0) is 13.5.